The van der Waals surface area contributed by atoms with Crippen molar-refractivity contribution in [3.8, 4) is 0 Å². The summed E-state index contributed by atoms with van der Waals surface area (Å²) in [6, 6.07) is 7.97. The number of para-hydroxylation sites is 1. The zero-order chi connectivity index (χ0) is 15.7. The van der Waals surface area contributed by atoms with Crippen molar-refractivity contribution in [2.75, 3.05) is 19.5 Å². The molecule has 0 radical (unpaired) electrons. The van der Waals surface area contributed by atoms with Crippen molar-refractivity contribution in [3.05, 3.63) is 36.0 Å². The molecule has 2 aromatic rings. The third-order valence-electron chi connectivity index (χ3n) is 2.90. The lowest BCUT2D eigenvalue weighted by Crippen LogP contribution is -2.26. The summed E-state index contributed by atoms with van der Waals surface area (Å²) in [6.07, 6.45) is 2.79. The predicted molar refractivity (Wildman–Crippen MR) is 74.4 cm³/mol. The van der Waals surface area contributed by atoms with E-state index in [9.17, 15) is 0 Å². The second-order valence-corrected chi connectivity index (χ2v) is 4.00. The molecule has 2 heteroatoms. The summed E-state index contributed by atoms with van der Waals surface area (Å²) in [6.45, 7) is 0.155. The van der Waals surface area contributed by atoms with Gasteiger partial charge in [0.05, 0.1) is 0 Å². The number of rotatable bonds is 6. The number of aromatic nitrogens is 1. The van der Waals surface area contributed by atoms with Gasteiger partial charge in [0.15, 0.2) is 0 Å². The molecule has 1 N–H and O–H groups in total. The summed E-state index contributed by atoms with van der Waals surface area (Å²) < 4.78 is 31.8. The summed E-state index contributed by atoms with van der Waals surface area (Å²) in [7, 11) is 0. The first-order valence-corrected chi connectivity index (χ1v) is 6.08. The van der Waals surface area contributed by atoms with Gasteiger partial charge in [-0.25, -0.2) is 0 Å². The fourth-order valence-electron chi connectivity index (χ4n) is 2.03. The van der Waals surface area contributed by atoms with Gasteiger partial charge in [-0.2, -0.15) is 0 Å². The molecule has 0 bridgehead atoms. The average molecular weight is 234 g/mol. The Hall–Kier alpha value is -1.28. The second-order valence-electron chi connectivity index (χ2n) is 4.00. The number of benzene rings is 1. The van der Waals surface area contributed by atoms with Crippen LogP contribution in [0.1, 0.15) is 31.3 Å². The maximum atomic E-state index is 8.02. The topological polar surface area (TPSA) is 19.0 Å². The van der Waals surface area contributed by atoms with Gasteiger partial charge >= 0.3 is 0 Å². The number of fused-ring (bicyclic) bond motifs is 1. The van der Waals surface area contributed by atoms with Gasteiger partial charge in [0.1, 0.15) is 0 Å². The van der Waals surface area contributed by atoms with Crippen LogP contribution in [0.5, 0.6) is 0 Å². The number of hydrogen-bond donors (Lipinski definition) is 1. The highest BCUT2D eigenvalue weighted by Crippen LogP contribution is 2.18. The molecule has 2 nitrogen and oxygen atoms in total. The summed E-state index contributed by atoms with van der Waals surface area (Å²) in [5, 5.41) is 1.12. The van der Waals surface area contributed by atoms with Crippen molar-refractivity contribution in [1.82, 2.24) is 9.88 Å². The van der Waals surface area contributed by atoms with Crippen molar-refractivity contribution >= 4 is 10.9 Å². The Bertz CT molecular complexity index is 601. The Labute approximate surface area is 109 Å². The van der Waals surface area contributed by atoms with E-state index in [4.69, 9.17) is 5.48 Å². The first-order chi connectivity index (χ1) is 9.75. The van der Waals surface area contributed by atoms with Crippen LogP contribution in [0.25, 0.3) is 10.9 Å². The molecule has 0 saturated heterocycles. The van der Waals surface area contributed by atoms with Gasteiger partial charge in [-0.15, -0.1) is 0 Å². The number of aromatic amines is 1. The van der Waals surface area contributed by atoms with E-state index in [0.29, 0.717) is 13.0 Å². The molecule has 17 heavy (non-hydrogen) atoms. The molecule has 1 aromatic carbocycles. The Kier molecular flexibility index (Phi) is 2.74. The van der Waals surface area contributed by atoms with Gasteiger partial charge in [0, 0.05) is 29.1 Å². The average Bonchev–Trinajstić information content (AvgIpc) is 2.81. The summed E-state index contributed by atoms with van der Waals surface area (Å²) in [4.78, 5) is 4.50. The normalized spacial score (nSPS) is 16.6. The number of nitrogens with zero attached hydrogens (tertiary/aromatic N) is 1. The number of H-pyrrole nitrogens is 1. The lowest BCUT2D eigenvalue weighted by atomic mass is 10.1. The zero-order valence-corrected chi connectivity index (χ0v) is 10.5. The highest BCUT2D eigenvalue weighted by molar-refractivity contribution is 5.83. The number of nitrogens with one attached hydrogen (secondary N) is 1. The zero-order valence-electron chi connectivity index (χ0n) is 14.5. The van der Waals surface area contributed by atoms with Crippen molar-refractivity contribution in [2.24, 2.45) is 0 Å². The van der Waals surface area contributed by atoms with Gasteiger partial charge in [-0.05, 0) is 37.5 Å². The van der Waals surface area contributed by atoms with Crippen LogP contribution in [0.3, 0.4) is 0 Å². The van der Waals surface area contributed by atoms with E-state index in [0.717, 1.165) is 16.5 Å². The van der Waals surface area contributed by atoms with Crippen LogP contribution in [0.15, 0.2) is 30.5 Å². The molecular formula is C15H22N2. The fourth-order valence-corrected chi connectivity index (χ4v) is 2.03. The van der Waals surface area contributed by atoms with Gasteiger partial charge in [0.2, 0.25) is 0 Å². The smallest absolute Gasteiger partial charge is 0.0456 e. The summed E-state index contributed by atoms with van der Waals surface area (Å²) in [5.41, 5.74) is 2.14. The minimum Gasteiger partial charge on any atom is -0.361 e. The predicted octanol–water partition coefficient (Wildman–Crippen LogP) is 3.44. The van der Waals surface area contributed by atoms with Crippen LogP contribution in [0, 0.1) is 0 Å². The molecular weight excluding hydrogens is 208 g/mol. The van der Waals surface area contributed by atoms with Gasteiger partial charge < -0.3 is 9.88 Å². The molecule has 92 valence electrons. The van der Waals surface area contributed by atoms with Crippen LogP contribution < -0.4 is 0 Å². The van der Waals surface area contributed by atoms with Gasteiger partial charge in [0.25, 0.3) is 0 Å². The Morgan fingerprint density at radius 1 is 1.29 bits per heavy atom. The van der Waals surface area contributed by atoms with E-state index in [2.05, 4.69) is 4.98 Å². The first-order valence-electron chi connectivity index (χ1n) is 8.08. The molecule has 0 atom stereocenters. The number of likely N-dealkylation sites (N-methyl/N-ethyl adjacent to an activating group) is 1. The molecule has 0 aliphatic carbocycles. The molecule has 2 rings (SSSR count). The lowest BCUT2D eigenvalue weighted by Gasteiger charge is -2.18. The molecule has 0 aliphatic rings. The standard InChI is InChI=1S/C15H22N2/c1-3-10-17(4-2)11-9-13-12-16-15-8-6-5-7-14(13)15/h5-8,12,16H,3-4,9-11H2,1-2H3/i4D2,10D2. The fraction of sp³-hybridized carbons (Fsp3) is 0.467. The summed E-state index contributed by atoms with van der Waals surface area (Å²) >= 11 is 0. The van der Waals surface area contributed by atoms with E-state index >= 15 is 0 Å². The largest absolute Gasteiger partial charge is 0.361 e. The number of hydrogen-bond acceptors (Lipinski definition) is 1. The van der Waals surface area contributed by atoms with Crippen LogP contribution in [0.2, 0.25) is 0 Å². The minimum absolute atomic E-state index is 0.258. The maximum Gasteiger partial charge on any atom is 0.0456 e. The van der Waals surface area contributed by atoms with E-state index in [1.807, 2.05) is 30.5 Å². The Morgan fingerprint density at radius 3 is 2.88 bits per heavy atom. The van der Waals surface area contributed by atoms with Crippen LogP contribution >= 0.6 is 0 Å². The van der Waals surface area contributed by atoms with E-state index in [1.54, 1.807) is 6.92 Å². The van der Waals surface area contributed by atoms with E-state index < -0.39 is 13.0 Å². The van der Waals surface area contributed by atoms with Crippen molar-refractivity contribution < 1.29 is 5.48 Å². The monoisotopic (exact) mass is 234 g/mol. The lowest BCUT2D eigenvalue weighted by molar-refractivity contribution is 0.293. The highest BCUT2D eigenvalue weighted by Gasteiger charge is 2.05. The third kappa shape index (κ3) is 2.89. The molecule has 0 amide bonds. The van der Waals surface area contributed by atoms with E-state index in [-0.39, 0.29) is 6.42 Å². The maximum absolute atomic E-state index is 8.02. The molecule has 0 spiro atoms. The minimum atomic E-state index is -1.69. The third-order valence-corrected chi connectivity index (χ3v) is 2.90. The molecule has 0 aliphatic heterocycles. The summed E-state index contributed by atoms with van der Waals surface area (Å²) in [5.74, 6) is 0. The van der Waals surface area contributed by atoms with E-state index in [1.165, 1.54) is 11.8 Å². The van der Waals surface area contributed by atoms with Crippen LogP contribution in [-0.4, -0.2) is 29.4 Å². The van der Waals surface area contributed by atoms with Gasteiger partial charge in [-0.3, -0.25) is 0 Å². The molecule has 1 heterocycles. The van der Waals surface area contributed by atoms with Crippen LogP contribution in [-0.2, 0) is 6.42 Å². The van der Waals surface area contributed by atoms with Crippen molar-refractivity contribution in [3.63, 3.8) is 0 Å². The quantitative estimate of drug-likeness (QED) is 0.811. The highest BCUT2D eigenvalue weighted by atomic mass is 15.1. The Balaban J connectivity index is 2.19. The van der Waals surface area contributed by atoms with Crippen molar-refractivity contribution in [1.29, 1.82) is 0 Å². The Morgan fingerprint density at radius 2 is 2.12 bits per heavy atom. The molecule has 0 unspecified atom stereocenters. The van der Waals surface area contributed by atoms with Crippen LogP contribution in [0.4, 0.5) is 0 Å². The SMILES string of the molecule is [2H]C([2H])(C)N(CCc1c[nH]c2ccccc12)C([2H])([2H])CC. The molecule has 1 aromatic heterocycles. The molecule has 0 saturated carbocycles. The first kappa shape index (κ1) is 7.93. The van der Waals surface area contributed by atoms with Crippen molar-refractivity contribution in [2.45, 2.75) is 26.7 Å². The van der Waals surface area contributed by atoms with Gasteiger partial charge in [-0.1, -0.05) is 32.0 Å². The second kappa shape index (κ2) is 5.87. The molecule has 0 fully saturated rings.